The van der Waals surface area contributed by atoms with Crippen LogP contribution in [0.15, 0.2) is 12.1 Å². The zero-order valence-electron chi connectivity index (χ0n) is 17.7. The van der Waals surface area contributed by atoms with E-state index in [9.17, 15) is 9.59 Å². The highest BCUT2D eigenvalue weighted by molar-refractivity contribution is 6.17. The van der Waals surface area contributed by atoms with Crippen molar-refractivity contribution in [1.29, 1.82) is 0 Å². The molecule has 1 spiro atoms. The lowest BCUT2D eigenvalue weighted by Gasteiger charge is -2.42. The van der Waals surface area contributed by atoms with E-state index in [0.29, 0.717) is 32.5 Å². The molecule has 3 fully saturated rings. The number of benzene rings is 1. The third-order valence-electron chi connectivity index (χ3n) is 6.50. The Hall–Kier alpha value is -1.80. The lowest BCUT2D eigenvalue weighted by molar-refractivity contribution is -0.288. The minimum absolute atomic E-state index is 0.0636. The second kappa shape index (κ2) is 7.80. The van der Waals surface area contributed by atoms with Crippen LogP contribution in [0.4, 0.5) is 0 Å². The molecular formula is C22H30N2O5. The van der Waals surface area contributed by atoms with Crippen LogP contribution in [0.5, 0.6) is 0 Å². The number of carbonyl (C=O) groups excluding carboxylic acids is 2. The normalized spacial score (nSPS) is 27.4. The summed E-state index contributed by atoms with van der Waals surface area (Å²) in [5, 5.41) is 3.20. The molecule has 7 nitrogen and oxygen atoms in total. The van der Waals surface area contributed by atoms with Gasteiger partial charge in [-0.25, -0.2) is 9.90 Å². The molecule has 3 heterocycles. The van der Waals surface area contributed by atoms with Crippen LogP contribution in [0.1, 0.15) is 53.9 Å². The number of piperidine rings is 1. The number of carbonyl (C=O) groups is 2. The first-order valence-electron chi connectivity index (χ1n) is 10.4. The van der Waals surface area contributed by atoms with Crippen molar-refractivity contribution in [3.8, 4) is 0 Å². The monoisotopic (exact) mass is 402 g/mol. The van der Waals surface area contributed by atoms with Gasteiger partial charge in [-0.1, -0.05) is 17.7 Å². The van der Waals surface area contributed by atoms with Crippen molar-refractivity contribution >= 4 is 11.7 Å². The first kappa shape index (κ1) is 20.5. The summed E-state index contributed by atoms with van der Waals surface area (Å²) in [5.74, 6) is -1.16. The Morgan fingerprint density at radius 1 is 1.10 bits per heavy atom. The van der Waals surface area contributed by atoms with Gasteiger partial charge in [0.05, 0.1) is 13.7 Å². The van der Waals surface area contributed by atoms with E-state index in [1.54, 1.807) is 7.11 Å². The smallest absolute Gasteiger partial charge is 0.262 e. The van der Waals surface area contributed by atoms with E-state index >= 15 is 0 Å². The summed E-state index contributed by atoms with van der Waals surface area (Å²) < 4.78 is 5.62. The van der Waals surface area contributed by atoms with Gasteiger partial charge in [0.2, 0.25) is 0 Å². The zero-order chi connectivity index (χ0) is 20.8. The van der Waals surface area contributed by atoms with Crippen LogP contribution in [-0.2, 0) is 24.0 Å². The van der Waals surface area contributed by atoms with Gasteiger partial charge in [-0.3, -0.25) is 9.59 Å². The molecular weight excluding hydrogens is 372 g/mol. The molecule has 1 amide bonds. The summed E-state index contributed by atoms with van der Waals surface area (Å²) in [4.78, 5) is 38.8. The van der Waals surface area contributed by atoms with Crippen LogP contribution in [0, 0.1) is 20.8 Å². The van der Waals surface area contributed by atoms with Crippen LogP contribution in [-0.4, -0.2) is 60.5 Å². The fourth-order valence-electron chi connectivity index (χ4n) is 5.10. The fraction of sp³-hybridized carbons (Fsp3) is 0.636. The Labute approximate surface area is 171 Å². The Balaban J connectivity index is 1.73. The number of hydrogen-bond donors (Lipinski definition) is 0. The largest absolute Gasteiger partial charge is 0.350 e. The number of ketones is 1. The van der Waals surface area contributed by atoms with Crippen molar-refractivity contribution in [3.63, 3.8) is 0 Å². The van der Waals surface area contributed by atoms with E-state index in [0.717, 1.165) is 35.1 Å². The summed E-state index contributed by atoms with van der Waals surface area (Å²) >= 11 is 0. The SMILES string of the molecule is CON1CCC2(CC1)C(=O)C(c1c(C)cc(C)cc1C)C(=O)N2OC1CCCO1. The van der Waals surface area contributed by atoms with Crippen LogP contribution >= 0.6 is 0 Å². The van der Waals surface area contributed by atoms with Gasteiger partial charge in [-0.05, 0) is 56.7 Å². The quantitative estimate of drug-likeness (QED) is 0.721. The molecule has 4 rings (SSSR count). The predicted octanol–water partition coefficient (Wildman–Crippen LogP) is 2.57. The third kappa shape index (κ3) is 3.40. The Bertz CT molecular complexity index is 786. The molecule has 1 aromatic carbocycles. The summed E-state index contributed by atoms with van der Waals surface area (Å²) in [5.41, 5.74) is 2.91. The molecule has 0 saturated carbocycles. The molecule has 3 aliphatic rings. The van der Waals surface area contributed by atoms with Crippen molar-refractivity contribution < 1.29 is 24.0 Å². The summed E-state index contributed by atoms with van der Waals surface area (Å²) in [6.07, 6.45) is 2.12. The number of amides is 1. The fourth-order valence-corrected chi connectivity index (χ4v) is 5.10. The number of Topliss-reactive ketones (excluding diaryl/α,β-unsaturated/α-hetero) is 1. The van der Waals surface area contributed by atoms with Gasteiger partial charge in [0.15, 0.2) is 12.1 Å². The summed E-state index contributed by atoms with van der Waals surface area (Å²) in [7, 11) is 1.63. The Kier molecular flexibility index (Phi) is 5.50. The van der Waals surface area contributed by atoms with Crippen molar-refractivity contribution in [2.45, 2.75) is 64.2 Å². The van der Waals surface area contributed by atoms with E-state index in [-0.39, 0.29) is 11.7 Å². The maximum atomic E-state index is 13.8. The second-order valence-corrected chi connectivity index (χ2v) is 8.43. The molecule has 2 atom stereocenters. The lowest BCUT2D eigenvalue weighted by Crippen LogP contribution is -2.56. The molecule has 3 saturated heterocycles. The number of rotatable bonds is 4. The minimum atomic E-state index is -0.966. The van der Waals surface area contributed by atoms with E-state index in [1.165, 1.54) is 5.06 Å². The van der Waals surface area contributed by atoms with E-state index in [1.807, 2.05) is 38.0 Å². The van der Waals surface area contributed by atoms with Crippen molar-refractivity contribution in [2.75, 3.05) is 26.8 Å². The highest BCUT2D eigenvalue weighted by Crippen LogP contribution is 2.45. The van der Waals surface area contributed by atoms with E-state index < -0.39 is 17.7 Å². The second-order valence-electron chi connectivity index (χ2n) is 8.43. The number of ether oxygens (including phenoxy) is 1. The van der Waals surface area contributed by atoms with E-state index in [4.69, 9.17) is 14.4 Å². The van der Waals surface area contributed by atoms with Crippen LogP contribution in [0.2, 0.25) is 0 Å². The molecule has 0 aliphatic carbocycles. The standard InChI is InChI=1S/C22H30N2O5/c1-14-12-15(2)18(16(3)13-14)19-20(25)22(7-9-23(27-4)10-8-22)24(21(19)26)29-17-6-5-11-28-17/h12-13,17,19H,5-11H2,1-4H3. The summed E-state index contributed by atoms with van der Waals surface area (Å²) in [6, 6.07) is 4.07. The first-order valence-corrected chi connectivity index (χ1v) is 10.4. The van der Waals surface area contributed by atoms with Gasteiger partial charge < -0.3 is 9.57 Å². The van der Waals surface area contributed by atoms with Gasteiger partial charge in [0.25, 0.3) is 5.91 Å². The van der Waals surface area contributed by atoms with E-state index in [2.05, 4.69) is 0 Å². The molecule has 1 aromatic rings. The zero-order valence-corrected chi connectivity index (χ0v) is 17.7. The lowest BCUT2D eigenvalue weighted by atomic mass is 9.79. The van der Waals surface area contributed by atoms with Gasteiger partial charge >= 0.3 is 0 Å². The van der Waals surface area contributed by atoms with Gasteiger partial charge in [-0.15, -0.1) is 0 Å². The predicted molar refractivity (Wildman–Crippen MR) is 106 cm³/mol. The Morgan fingerprint density at radius 3 is 2.31 bits per heavy atom. The van der Waals surface area contributed by atoms with Crippen LogP contribution < -0.4 is 0 Å². The molecule has 158 valence electrons. The number of hydroxylamine groups is 4. The number of aryl methyl sites for hydroxylation is 3. The molecule has 0 N–H and O–H groups in total. The minimum Gasteiger partial charge on any atom is -0.350 e. The summed E-state index contributed by atoms with van der Waals surface area (Å²) in [6.45, 7) is 7.72. The number of hydrogen-bond acceptors (Lipinski definition) is 6. The average molecular weight is 402 g/mol. The van der Waals surface area contributed by atoms with Gasteiger partial charge in [0.1, 0.15) is 11.5 Å². The molecule has 0 radical (unpaired) electrons. The van der Waals surface area contributed by atoms with Crippen molar-refractivity contribution in [1.82, 2.24) is 10.1 Å². The molecule has 0 aromatic heterocycles. The topological polar surface area (TPSA) is 68.3 Å². The molecule has 0 bridgehead atoms. The molecule has 3 aliphatic heterocycles. The molecule has 7 heteroatoms. The highest BCUT2D eigenvalue weighted by atomic mass is 16.8. The number of nitrogens with zero attached hydrogens (tertiary/aromatic N) is 2. The van der Waals surface area contributed by atoms with Crippen LogP contribution in [0.25, 0.3) is 0 Å². The van der Waals surface area contributed by atoms with Crippen LogP contribution in [0.3, 0.4) is 0 Å². The average Bonchev–Trinajstić information content (AvgIpc) is 3.26. The molecule has 2 unspecified atom stereocenters. The Morgan fingerprint density at radius 2 is 1.76 bits per heavy atom. The van der Waals surface area contributed by atoms with Crippen molar-refractivity contribution in [2.24, 2.45) is 0 Å². The van der Waals surface area contributed by atoms with Gasteiger partial charge in [0, 0.05) is 19.5 Å². The third-order valence-corrected chi connectivity index (χ3v) is 6.50. The first-order chi connectivity index (χ1) is 13.9. The highest BCUT2D eigenvalue weighted by Gasteiger charge is 2.61. The maximum Gasteiger partial charge on any atom is 0.262 e. The van der Waals surface area contributed by atoms with Gasteiger partial charge in [-0.2, -0.15) is 5.06 Å². The molecule has 29 heavy (non-hydrogen) atoms. The maximum absolute atomic E-state index is 13.8. The van der Waals surface area contributed by atoms with Crippen molar-refractivity contribution in [3.05, 3.63) is 34.4 Å².